The van der Waals surface area contributed by atoms with Crippen LogP contribution in [0, 0.1) is 21.4 Å². The SMILES string of the molecule is COCCCN1CCC(Nc2cc(N)c([N+](=O)[O-])c(C#N)c2)CC1. The predicted octanol–water partition coefficient (Wildman–Crippen LogP) is 1.96. The molecule has 0 atom stereocenters. The minimum absolute atomic E-state index is 0.0125. The molecular formula is C16H23N5O3. The van der Waals surface area contributed by atoms with Crippen LogP contribution in [-0.2, 0) is 4.74 Å². The highest BCUT2D eigenvalue weighted by atomic mass is 16.6. The van der Waals surface area contributed by atoms with Crippen LogP contribution in [0.25, 0.3) is 0 Å². The van der Waals surface area contributed by atoms with Gasteiger partial charge in [-0.25, -0.2) is 0 Å². The Morgan fingerprint density at radius 3 is 2.79 bits per heavy atom. The summed E-state index contributed by atoms with van der Waals surface area (Å²) in [6.45, 7) is 3.80. The number of nitriles is 1. The average Bonchev–Trinajstić information content (AvgIpc) is 2.55. The zero-order valence-corrected chi connectivity index (χ0v) is 13.8. The van der Waals surface area contributed by atoms with Gasteiger partial charge in [0.2, 0.25) is 0 Å². The molecule has 130 valence electrons. The fourth-order valence-corrected chi connectivity index (χ4v) is 3.00. The van der Waals surface area contributed by atoms with E-state index >= 15 is 0 Å². The van der Waals surface area contributed by atoms with E-state index in [4.69, 9.17) is 15.7 Å². The summed E-state index contributed by atoms with van der Waals surface area (Å²) in [5.74, 6) is 0. The zero-order chi connectivity index (χ0) is 17.5. The number of piperidine rings is 1. The Hall–Kier alpha value is -2.37. The third kappa shape index (κ3) is 4.57. The van der Waals surface area contributed by atoms with Gasteiger partial charge < -0.3 is 20.7 Å². The first-order valence-corrected chi connectivity index (χ1v) is 8.01. The van der Waals surface area contributed by atoms with Gasteiger partial charge in [0.15, 0.2) is 0 Å². The van der Waals surface area contributed by atoms with Crippen molar-refractivity contribution in [3.63, 3.8) is 0 Å². The van der Waals surface area contributed by atoms with Crippen LogP contribution in [0.1, 0.15) is 24.8 Å². The molecule has 8 nitrogen and oxygen atoms in total. The highest BCUT2D eigenvalue weighted by molar-refractivity contribution is 5.73. The average molecular weight is 333 g/mol. The zero-order valence-electron chi connectivity index (χ0n) is 13.8. The quantitative estimate of drug-likeness (QED) is 0.339. The summed E-state index contributed by atoms with van der Waals surface area (Å²) in [5.41, 5.74) is 6.08. The van der Waals surface area contributed by atoms with Gasteiger partial charge in [-0.15, -0.1) is 0 Å². The molecule has 1 aliphatic heterocycles. The fourth-order valence-electron chi connectivity index (χ4n) is 3.00. The molecule has 0 radical (unpaired) electrons. The van der Waals surface area contributed by atoms with Crippen molar-refractivity contribution in [1.82, 2.24) is 4.90 Å². The standard InChI is InChI=1S/C16H23N5O3/c1-24-8-2-5-20-6-3-13(4-7-20)19-14-9-12(11-17)16(21(22)23)15(18)10-14/h9-10,13,19H,2-8,18H2,1H3. The maximum Gasteiger partial charge on any atom is 0.309 e. The van der Waals surface area contributed by atoms with Gasteiger partial charge in [0, 0.05) is 45.1 Å². The summed E-state index contributed by atoms with van der Waals surface area (Å²) in [4.78, 5) is 12.8. The third-order valence-corrected chi connectivity index (χ3v) is 4.22. The van der Waals surface area contributed by atoms with Crippen LogP contribution < -0.4 is 11.1 Å². The number of hydrogen-bond donors (Lipinski definition) is 2. The van der Waals surface area contributed by atoms with E-state index in [9.17, 15) is 10.1 Å². The van der Waals surface area contributed by atoms with Crippen molar-refractivity contribution in [1.29, 1.82) is 5.26 Å². The number of anilines is 2. The predicted molar refractivity (Wildman–Crippen MR) is 91.8 cm³/mol. The van der Waals surface area contributed by atoms with Crippen LogP contribution in [0.4, 0.5) is 17.1 Å². The first-order chi connectivity index (χ1) is 11.5. The molecule has 0 aromatic heterocycles. The molecule has 1 heterocycles. The molecule has 1 saturated heterocycles. The molecule has 0 saturated carbocycles. The van der Waals surface area contributed by atoms with Crippen LogP contribution in [0.2, 0.25) is 0 Å². The third-order valence-electron chi connectivity index (χ3n) is 4.22. The van der Waals surface area contributed by atoms with Crippen LogP contribution in [0.3, 0.4) is 0 Å². The number of benzene rings is 1. The van der Waals surface area contributed by atoms with Gasteiger partial charge in [0.1, 0.15) is 17.3 Å². The summed E-state index contributed by atoms with van der Waals surface area (Å²) in [6, 6.07) is 5.15. The molecule has 8 heteroatoms. The Morgan fingerprint density at radius 1 is 1.50 bits per heavy atom. The second-order valence-electron chi connectivity index (χ2n) is 5.94. The Balaban J connectivity index is 1.95. The number of rotatable bonds is 7. The molecular weight excluding hydrogens is 310 g/mol. The van der Waals surface area contributed by atoms with Crippen LogP contribution in [0.15, 0.2) is 12.1 Å². The lowest BCUT2D eigenvalue weighted by atomic mass is 10.0. The van der Waals surface area contributed by atoms with Crippen molar-refractivity contribution < 1.29 is 9.66 Å². The highest BCUT2D eigenvalue weighted by Gasteiger charge is 2.22. The number of nitro benzene ring substituents is 1. The number of nitrogens with two attached hydrogens (primary N) is 1. The van der Waals surface area contributed by atoms with Gasteiger partial charge in [-0.05, 0) is 31.4 Å². The van der Waals surface area contributed by atoms with Gasteiger partial charge in [-0.2, -0.15) is 5.26 Å². The number of methoxy groups -OCH3 is 1. The summed E-state index contributed by atoms with van der Waals surface area (Å²) in [5, 5.41) is 23.4. The molecule has 3 N–H and O–H groups in total. The van der Waals surface area contributed by atoms with E-state index in [2.05, 4.69) is 10.2 Å². The van der Waals surface area contributed by atoms with E-state index in [1.807, 2.05) is 6.07 Å². The summed E-state index contributed by atoms with van der Waals surface area (Å²) < 4.78 is 5.07. The largest absolute Gasteiger partial charge is 0.393 e. The van der Waals surface area contributed by atoms with Crippen molar-refractivity contribution in [3.8, 4) is 6.07 Å². The molecule has 0 bridgehead atoms. The van der Waals surface area contributed by atoms with Gasteiger partial charge in [-0.1, -0.05) is 0 Å². The Bertz CT molecular complexity index is 621. The van der Waals surface area contributed by atoms with E-state index in [-0.39, 0.29) is 23.0 Å². The monoisotopic (exact) mass is 333 g/mol. The Labute approximate surface area is 141 Å². The van der Waals surface area contributed by atoms with E-state index in [1.54, 1.807) is 7.11 Å². The van der Waals surface area contributed by atoms with Crippen molar-refractivity contribution in [2.24, 2.45) is 0 Å². The van der Waals surface area contributed by atoms with Gasteiger partial charge in [0.25, 0.3) is 0 Å². The molecule has 0 spiro atoms. The minimum Gasteiger partial charge on any atom is -0.393 e. The maximum absolute atomic E-state index is 11.0. The fraction of sp³-hybridized carbons (Fsp3) is 0.562. The molecule has 0 aliphatic carbocycles. The molecule has 0 amide bonds. The van der Waals surface area contributed by atoms with E-state index < -0.39 is 4.92 Å². The summed E-state index contributed by atoms with van der Waals surface area (Å²) in [6.07, 6.45) is 2.98. The van der Waals surface area contributed by atoms with Gasteiger partial charge >= 0.3 is 5.69 Å². The lowest BCUT2D eigenvalue weighted by molar-refractivity contribution is -0.384. The lowest BCUT2D eigenvalue weighted by Crippen LogP contribution is -2.39. The smallest absolute Gasteiger partial charge is 0.309 e. The summed E-state index contributed by atoms with van der Waals surface area (Å²) in [7, 11) is 1.71. The van der Waals surface area contributed by atoms with Crippen molar-refractivity contribution in [3.05, 3.63) is 27.8 Å². The minimum atomic E-state index is -0.615. The normalized spacial score (nSPS) is 15.8. The number of hydrogen-bond acceptors (Lipinski definition) is 7. The second-order valence-corrected chi connectivity index (χ2v) is 5.94. The first kappa shape index (κ1) is 18.0. The lowest BCUT2D eigenvalue weighted by Gasteiger charge is -2.32. The molecule has 2 rings (SSSR count). The number of nitrogens with zero attached hydrogens (tertiary/aromatic N) is 3. The topological polar surface area (TPSA) is 117 Å². The Kier molecular flexibility index (Phi) is 6.35. The van der Waals surface area contributed by atoms with Crippen molar-refractivity contribution in [2.75, 3.05) is 44.4 Å². The second kappa shape index (κ2) is 8.47. The van der Waals surface area contributed by atoms with Gasteiger partial charge in [0.05, 0.1) is 4.92 Å². The molecule has 1 aromatic rings. The van der Waals surface area contributed by atoms with Crippen molar-refractivity contribution >= 4 is 17.1 Å². The maximum atomic E-state index is 11.0. The first-order valence-electron chi connectivity index (χ1n) is 8.01. The van der Waals surface area contributed by atoms with E-state index in [1.165, 1.54) is 12.1 Å². The number of nitrogen functional groups attached to an aromatic ring is 1. The van der Waals surface area contributed by atoms with Crippen LogP contribution in [-0.4, -0.2) is 49.2 Å². The number of likely N-dealkylation sites (tertiary alicyclic amines) is 1. The number of nitrogens with one attached hydrogen (secondary N) is 1. The Morgan fingerprint density at radius 2 is 2.21 bits per heavy atom. The van der Waals surface area contributed by atoms with Gasteiger partial charge in [-0.3, -0.25) is 10.1 Å². The molecule has 1 aromatic carbocycles. The highest BCUT2D eigenvalue weighted by Crippen LogP contribution is 2.30. The van der Waals surface area contributed by atoms with Crippen LogP contribution >= 0.6 is 0 Å². The molecule has 0 unspecified atom stereocenters. The van der Waals surface area contributed by atoms with Crippen LogP contribution in [0.5, 0.6) is 0 Å². The van der Waals surface area contributed by atoms with E-state index in [0.29, 0.717) is 5.69 Å². The molecule has 1 fully saturated rings. The number of ether oxygens (including phenoxy) is 1. The van der Waals surface area contributed by atoms with Crippen molar-refractivity contribution in [2.45, 2.75) is 25.3 Å². The molecule has 1 aliphatic rings. The summed E-state index contributed by atoms with van der Waals surface area (Å²) >= 11 is 0. The number of nitro groups is 1. The molecule has 24 heavy (non-hydrogen) atoms. The van der Waals surface area contributed by atoms with E-state index in [0.717, 1.165) is 45.5 Å².